The molecule has 1 aromatic rings. The van der Waals surface area contributed by atoms with E-state index in [1.54, 1.807) is 17.5 Å². The predicted molar refractivity (Wildman–Crippen MR) is 72.2 cm³/mol. The molecule has 0 aromatic heterocycles. The van der Waals surface area contributed by atoms with Gasteiger partial charge in [0, 0.05) is 12.1 Å². The Morgan fingerprint density at radius 1 is 0.944 bits per heavy atom. The largest absolute Gasteiger partial charge is 0.307 e. The van der Waals surface area contributed by atoms with E-state index in [1.165, 1.54) is 25.7 Å². The lowest BCUT2D eigenvalue weighted by Crippen LogP contribution is -2.26. The number of benzene rings is 1. The van der Waals surface area contributed by atoms with Crippen LogP contribution in [0.15, 0.2) is 24.3 Å². The Morgan fingerprint density at radius 3 is 2.56 bits per heavy atom. The molecule has 0 radical (unpaired) electrons. The predicted octanol–water partition coefficient (Wildman–Crippen LogP) is 3.31. The van der Waals surface area contributed by atoms with Crippen LogP contribution < -0.4 is 5.32 Å². The number of hydrogen-bond acceptors (Lipinski definition) is 1. The molecule has 1 heteroatoms. The van der Waals surface area contributed by atoms with Gasteiger partial charge in [-0.1, -0.05) is 24.3 Å². The SMILES string of the molecule is c1ccc2c(c1)CCC2NC1C2C3CCC(C3)C12. The highest BCUT2D eigenvalue weighted by molar-refractivity contribution is 5.35. The summed E-state index contributed by atoms with van der Waals surface area (Å²) < 4.78 is 0. The molecule has 1 N–H and O–H groups in total. The van der Waals surface area contributed by atoms with Gasteiger partial charge < -0.3 is 5.32 Å². The second-order valence-electron chi connectivity index (χ2n) is 6.97. The van der Waals surface area contributed by atoms with Crippen molar-refractivity contribution in [1.29, 1.82) is 0 Å². The lowest BCUT2D eigenvalue weighted by Gasteiger charge is -2.17. The van der Waals surface area contributed by atoms with E-state index in [2.05, 4.69) is 29.6 Å². The van der Waals surface area contributed by atoms with Crippen molar-refractivity contribution >= 4 is 0 Å². The first kappa shape index (κ1) is 10.0. The molecule has 1 nitrogen and oxygen atoms in total. The fourth-order valence-corrected chi connectivity index (χ4v) is 5.51. The van der Waals surface area contributed by atoms with E-state index in [0.717, 1.165) is 29.7 Å². The summed E-state index contributed by atoms with van der Waals surface area (Å²) >= 11 is 0. The molecule has 0 spiro atoms. The second kappa shape index (κ2) is 3.39. The van der Waals surface area contributed by atoms with Gasteiger partial charge in [0.05, 0.1) is 0 Å². The third kappa shape index (κ3) is 1.21. The van der Waals surface area contributed by atoms with Crippen molar-refractivity contribution in [2.75, 3.05) is 0 Å². The lowest BCUT2D eigenvalue weighted by molar-refractivity contribution is 0.420. The van der Waals surface area contributed by atoms with Crippen LogP contribution in [0.3, 0.4) is 0 Å². The van der Waals surface area contributed by atoms with E-state index in [1.807, 2.05) is 0 Å². The van der Waals surface area contributed by atoms with Gasteiger partial charge in [-0.25, -0.2) is 0 Å². The molecule has 3 fully saturated rings. The van der Waals surface area contributed by atoms with Gasteiger partial charge in [0.1, 0.15) is 0 Å². The third-order valence-electron chi connectivity index (χ3n) is 6.26. The highest BCUT2D eigenvalue weighted by atomic mass is 15.0. The van der Waals surface area contributed by atoms with Crippen LogP contribution in [0.1, 0.15) is 42.9 Å². The summed E-state index contributed by atoms with van der Waals surface area (Å²) in [7, 11) is 0. The smallest absolute Gasteiger partial charge is 0.0328 e. The van der Waals surface area contributed by atoms with Crippen molar-refractivity contribution in [3.05, 3.63) is 35.4 Å². The zero-order chi connectivity index (χ0) is 11.7. The van der Waals surface area contributed by atoms with E-state index in [4.69, 9.17) is 0 Å². The molecule has 18 heavy (non-hydrogen) atoms. The first-order chi connectivity index (χ1) is 8.92. The van der Waals surface area contributed by atoms with Crippen LogP contribution in [-0.2, 0) is 6.42 Å². The van der Waals surface area contributed by atoms with Crippen LogP contribution in [0.2, 0.25) is 0 Å². The zero-order valence-electron chi connectivity index (χ0n) is 10.8. The standard InChI is InChI=1S/C17H21N/c1-2-4-13-10(3-1)7-8-14(13)18-17-15-11-5-6-12(9-11)16(15)17/h1-4,11-12,14-18H,5-9H2. The van der Waals surface area contributed by atoms with Gasteiger partial charge in [-0.2, -0.15) is 0 Å². The number of nitrogens with one attached hydrogen (secondary N) is 1. The fourth-order valence-electron chi connectivity index (χ4n) is 5.51. The van der Waals surface area contributed by atoms with Gasteiger partial charge in [0.25, 0.3) is 0 Å². The maximum atomic E-state index is 4.01. The average Bonchev–Trinajstić information content (AvgIpc) is 2.79. The summed E-state index contributed by atoms with van der Waals surface area (Å²) in [6, 6.07) is 10.6. The molecule has 0 aliphatic heterocycles. The summed E-state index contributed by atoms with van der Waals surface area (Å²) in [5.74, 6) is 4.32. The summed E-state index contributed by atoms with van der Waals surface area (Å²) in [4.78, 5) is 0. The third-order valence-corrected chi connectivity index (χ3v) is 6.26. The molecule has 5 unspecified atom stereocenters. The minimum atomic E-state index is 0.663. The Balaban J connectivity index is 1.35. The first-order valence-electron chi connectivity index (χ1n) is 7.75. The van der Waals surface area contributed by atoms with Crippen molar-refractivity contribution in [3.63, 3.8) is 0 Å². The Hall–Kier alpha value is -0.820. The average molecular weight is 239 g/mol. The topological polar surface area (TPSA) is 12.0 Å². The van der Waals surface area contributed by atoms with Crippen LogP contribution >= 0.6 is 0 Å². The fraction of sp³-hybridized carbons (Fsp3) is 0.647. The van der Waals surface area contributed by atoms with Crippen molar-refractivity contribution < 1.29 is 0 Å². The Morgan fingerprint density at radius 2 is 1.72 bits per heavy atom. The van der Waals surface area contributed by atoms with Crippen molar-refractivity contribution in [2.45, 2.75) is 44.2 Å². The molecule has 4 aliphatic rings. The van der Waals surface area contributed by atoms with E-state index < -0.39 is 0 Å². The van der Waals surface area contributed by atoms with Gasteiger partial charge in [-0.15, -0.1) is 0 Å². The molecule has 5 atom stereocenters. The van der Waals surface area contributed by atoms with Gasteiger partial charge in [0.15, 0.2) is 0 Å². The summed E-state index contributed by atoms with van der Waals surface area (Å²) in [6.07, 6.45) is 7.23. The highest BCUT2D eigenvalue weighted by Gasteiger charge is 2.65. The minimum Gasteiger partial charge on any atom is -0.307 e. The summed E-state index contributed by atoms with van der Waals surface area (Å²) in [5.41, 5.74) is 3.18. The van der Waals surface area contributed by atoms with Crippen molar-refractivity contribution in [3.8, 4) is 0 Å². The van der Waals surface area contributed by atoms with Gasteiger partial charge >= 0.3 is 0 Å². The maximum absolute atomic E-state index is 4.01. The summed E-state index contributed by atoms with van der Waals surface area (Å²) in [5, 5.41) is 4.01. The van der Waals surface area contributed by atoms with Crippen molar-refractivity contribution in [1.82, 2.24) is 5.32 Å². The number of hydrogen-bond donors (Lipinski definition) is 1. The van der Waals surface area contributed by atoms with E-state index in [-0.39, 0.29) is 0 Å². The monoisotopic (exact) mass is 239 g/mol. The van der Waals surface area contributed by atoms with Gasteiger partial charge in [0.2, 0.25) is 0 Å². The molecule has 4 aliphatic carbocycles. The molecule has 5 rings (SSSR count). The van der Waals surface area contributed by atoms with E-state index >= 15 is 0 Å². The maximum Gasteiger partial charge on any atom is 0.0328 e. The zero-order valence-corrected chi connectivity index (χ0v) is 10.8. The van der Waals surface area contributed by atoms with E-state index in [0.29, 0.717) is 6.04 Å². The number of aryl methyl sites for hydroxylation is 1. The Kier molecular flexibility index (Phi) is 1.89. The number of fused-ring (bicyclic) bond motifs is 6. The Bertz CT molecular complexity index is 478. The second-order valence-corrected chi connectivity index (χ2v) is 6.97. The number of rotatable bonds is 2. The molecule has 2 bridgehead atoms. The van der Waals surface area contributed by atoms with Crippen LogP contribution in [0, 0.1) is 23.7 Å². The Labute approximate surface area is 109 Å². The van der Waals surface area contributed by atoms with Crippen LogP contribution in [0.5, 0.6) is 0 Å². The van der Waals surface area contributed by atoms with Gasteiger partial charge in [-0.3, -0.25) is 0 Å². The normalized spacial score (nSPS) is 47.1. The van der Waals surface area contributed by atoms with E-state index in [9.17, 15) is 0 Å². The molecule has 3 saturated carbocycles. The quantitative estimate of drug-likeness (QED) is 0.835. The molecular formula is C17H21N. The molecule has 94 valence electrons. The lowest BCUT2D eigenvalue weighted by atomic mass is 10.0. The molecule has 1 aromatic carbocycles. The first-order valence-corrected chi connectivity index (χ1v) is 7.75. The van der Waals surface area contributed by atoms with Crippen LogP contribution in [0.4, 0.5) is 0 Å². The molecular weight excluding hydrogens is 218 g/mol. The molecule has 0 amide bonds. The highest BCUT2D eigenvalue weighted by Crippen LogP contribution is 2.66. The molecule has 0 saturated heterocycles. The minimum absolute atomic E-state index is 0.663. The molecule has 0 heterocycles. The van der Waals surface area contributed by atoms with Crippen molar-refractivity contribution in [2.24, 2.45) is 23.7 Å². The van der Waals surface area contributed by atoms with Crippen LogP contribution in [0.25, 0.3) is 0 Å². The van der Waals surface area contributed by atoms with Crippen LogP contribution in [-0.4, -0.2) is 6.04 Å². The summed E-state index contributed by atoms with van der Waals surface area (Å²) in [6.45, 7) is 0. The van der Waals surface area contributed by atoms with Gasteiger partial charge in [-0.05, 0) is 66.9 Å².